The highest BCUT2D eigenvalue weighted by Crippen LogP contribution is 2.29. The predicted octanol–water partition coefficient (Wildman–Crippen LogP) is 1.47. The van der Waals surface area contributed by atoms with E-state index in [4.69, 9.17) is 4.74 Å². The van der Waals surface area contributed by atoms with Gasteiger partial charge in [-0.1, -0.05) is 0 Å². The van der Waals surface area contributed by atoms with Crippen LogP contribution in [0.4, 0.5) is 0 Å². The molecule has 1 spiro atoms. The average Bonchev–Trinajstić information content (AvgIpc) is 3.02. The van der Waals surface area contributed by atoms with E-state index in [1.807, 2.05) is 24.0 Å². The van der Waals surface area contributed by atoms with Crippen LogP contribution in [0.3, 0.4) is 0 Å². The molecule has 122 valence electrons. The van der Waals surface area contributed by atoms with Crippen LogP contribution in [0.1, 0.15) is 28.8 Å². The van der Waals surface area contributed by atoms with Gasteiger partial charge in [0.1, 0.15) is 0 Å². The van der Waals surface area contributed by atoms with Crippen LogP contribution in [0.25, 0.3) is 10.9 Å². The number of amides is 1. The Balaban J connectivity index is 1.64. The fourth-order valence-electron chi connectivity index (χ4n) is 3.75. The van der Waals surface area contributed by atoms with Crippen molar-refractivity contribution in [2.24, 2.45) is 0 Å². The first kappa shape index (κ1) is 14.7. The summed E-state index contributed by atoms with van der Waals surface area (Å²) in [6, 6.07) is 4.00. The number of hydrogen-bond donors (Lipinski definition) is 2. The highest BCUT2D eigenvalue weighted by molar-refractivity contribution is 6.05. The second-order valence-corrected chi connectivity index (χ2v) is 6.65. The van der Waals surface area contributed by atoms with E-state index >= 15 is 0 Å². The minimum atomic E-state index is -0.171. The van der Waals surface area contributed by atoms with E-state index in [1.54, 1.807) is 6.20 Å². The highest BCUT2D eigenvalue weighted by Gasteiger charge is 2.39. The van der Waals surface area contributed by atoms with Crippen molar-refractivity contribution in [3.05, 3.63) is 29.5 Å². The van der Waals surface area contributed by atoms with Gasteiger partial charge in [-0.25, -0.2) is 0 Å². The minimum absolute atomic E-state index is 0.0733. The van der Waals surface area contributed by atoms with Crippen molar-refractivity contribution in [3.8, 4) is 0 Å². The second kappa shape index (κ2) is 5.62. The number of nitrogens with zero attached hydrogens (tertiary/aromatic N) is 2. The number of nitrogens with one attached hydrogen (secondary N) is 2. The SMILES string of the molecule is Cc1cc(C(=O)N2CCOC3(CCNCC3)C2)c2[nH]ncc2c1. The van der Waals surface area contributed by atoms with Gasteiger partial charge in [0.25, 0.3) is 5.91 Å². The first-order chi connectivity index (χ1) is 11.2. The fourth-order valence-corrected chi connectivity index (χ4v) is 3.75. The zero-order valence-electron chi connectivity index (χ0n) is 13.4. The Hall–Kier alpha value is -1.92. The number of piperidine rings is 1. The summed E-state index contributed by atoms with van der Waals surface area (Å²) in [5.41, 5.74) is 2.44. The van der Waals surface area contributed by atoms with Crippen molar-refractivity contribution < 1.29 is 9.53 Å². The normalized spacial score (nSPS) is 21.0. The second-order valence-electron chi connectivity index (χ2n) is 6.65. The maximum Gasteiger partial charge on any atom is 0.256 e. The molecule has 2 aliphatic rings. The number of carbonyl (C=O) groups excluding carboxylic acids is 1. The van der Waals surface area contributed by atoms with Gasteiger partial charge in [0.2, 0.25) is 0 Å². The zero-order valence-corrected chi connectivity index (χ0v) is 13.4. The maximum absolute atomic E-state index is 13.1. The molecule has 0 unspecified atom stereocenters. The van der Waals surface area contributed by atoms with Gasteiger partial charge >= 0.3 is 0 Å². The summed E-state index contributed by atoms with van der Waals surface area (Å²) in [4.78, 5) is 15.0. The van der Waals surface area contributed by atoms with Gasteiger partial charge in [-0.05, 0) is 50.6 Å². The van der Waals surface area contributed by atoms with E-state index in [-0.39, 0.29) is 11.5 Å². The standard InChI is InChI=1S/C17H22N4O2/c1-12-8-13-10-19-20-15(13)14(9-12)16(22)21-6-7-23-17(11-21)2-4-18-5-3-17/h8-10,18H,2-7,11H2,1H3,(H,19,20). The largest absolute Gasteiger partial charge is 0.371 e. The van der Waals surface area contributed by atoms with Crippen LogP contribution in [-0.4, -0.2) is 59.4 Å². The molecule has 2 N–H and O–H groups in total. The maximum atomic E-state index is 13.1. The van der Waals surface area contributed by atoms with Gasteiger partial charge in [-0.3, -0.25) is 9.89 Å². The molecule has 6 nitrogen and oxygen atoms in total. The van der Waals surface area contributed by atoms with Crippen molar-refractivity contribution in [3.63, 3.8) is 0 Å². The molecule has 2 aliphatic heterocycles. The summed E-state index contributed by atoms with van der Waals surface area (Å²) in [6.07, 6.45) is 3.70. The van der Waals surface area contributed by atoms with Crippen LogP contribution < -0.4 is 5.32 Å². The molecule has 3 heterocycles. The van der Waals surface area contributed by atoms with Crippen molar-refractivity contribution in [1.29, 1.82) is 0 Å². The van der Waals surface area contributed by atoms with E-state index in [0.717, 1.165) is 42.4 Å². The molecule has 0 bridgehead atoms. The molecular formula is C17H22N4O2. The number of H-pyrrole nitrogens is 1. The third-order valence-corrected chi connectivity index (χ3v) is 4.97. The topological polar surface area (TPSA) is 70.2 Å². The summed E-state index contributed by atoms with van der Waals surface area (Å²) >= 11 is 0. The monoisotopic (exact) mass is 314 g/mol. The molecule has 0 saturated carbocycles. The number of aryl methyl sites for hydroxylation is 1. The summed E-state index contributed by atoms with van der Waals surface area (Å²) in [6.45, 7) is 5.86. The minimum Gasteiger partial charge on any atom is -0.371 e. The lowest BCUT2D eigenvalue weighted by atomic mass is 9.90. The molecule has 1 amide bonds. The van der Waals surface area contributed by atoms with E-state index in [0.29, 0.717) is 25.3 Å². The molecule has 6 heteroatoms. The van der Waals surface area contributed by atoms with E-state index < -0.39 is 0 Å². The van der Waals surface area contributed by atoms with Crippen molar-refractivity contribution in [2.75, 3.05) is 32.8 Å². The number of aromatic nitrogens is 2. The Labute approximate surface area is 135 Å². The fraction of sp³-hybridized carbons (Fsp3) is 0.529. The number of benzene rings is 1. The first-order valence-corrected chi connectivity index (χ1v) is 8.25. The van der Waals surface area contributed by atoms with Crippen LogP contribution in [0.2, 0.25) is 0 Å². The van der Waals surface area contributed by atoms with Crippen LogP contribution in [-0.2, 0) is 4.74 Å². The van der Waals surface area contributed by atoms with Crippen molar-refractivity contribution in [1.82, 2.24) is 20.4 Å². The number of aromatic amines is 1. The quantitative estimate of drug-likeness (QED) is 0.836. The molecule has 2 saturated heterocycles. The van der Waals surface area contributed by atoms with Crippen molar-refractivity contribution >= 4 is 16.8 Å². The molecule has 0 atom stereocenters. The summed E-state index contributed by atoms with van der Waals surface area (Å²) in [5, 5.41) is 11.4. The molecule has 4 rings (SSSR count). The molecule has 0 radical (unpaired) electrons. The molecular weight excluding hydrogens is 292 g/mol. The number of carbonyl (C=O) groups is 1. The number of morpholine rings is 1. The lowest BCUT2D eigenvalue weighted by Gasteiger charge is -2.45. The van der Waals surface area contributed by atoms with Crippen LogP contribution in [0.5, 0.6) is 0 Å². The number of hydrogen-bond acceptors (Lipinski definition) is 4. The third kappa shape index (κ3) is 2.62. The van der Waals surface area contributed by atoms with E-state index in [2.05, 4.69) is 15.5 Å². The van der Waals surface area contributed by atoms with Crippen LogP contribution in [0.15, 0.2) is 18.3 Å². The number of ether oxygens (including phenoxy) is 1. The Bertz CT molecular complexity index is 728. The smallest absolute Gasteiger partial charge is 0.256 e. The molecule has 2 fully saturated rings. The van der Waals surface area contributed by atoms with Crippen LogP contribution >= 0.6 is 0 Å². The lowest BCUT2D eigenvalue weighted by molar-refractivity contribution is -0.114. The van der Waals surface area contributed by atoms with Gasteiger partial charge in [0.05, 0.1) is 36.0 Å². The molecule has 0 aliphatic carbocycles. The molecule has 23 heavy (non-hydrogen) atoms. The summed E-state index contributed by atoms with van der Waals surface area (Å²) in [5.74, 6) is 0.0733. The molecule has 1 aromatic heterocycles. The molecule has 1 aromatic carbocycles. The Morgan fingerprint density at radius 1 is 1.35 bits per heavy atom. The predicted molar refractivity (Wildman–Crippen MR) is 87.5 cm³/mol. The van der Waals surface area contributed by atoms with E-state index in [9.17, 15) is 4.79 Å². The van der Waals surface area contributed by atoms with Gasteiger partial charge < -0.3 is 15.0 Å². The highest BCUT2D eigenvalue weighted by atomic mass is 16.5. The van der Waals surface area contributed by atoms with E-state index in [1.165, 1.54) is 0 Å². The Morgan fingerprint density at radius 2 is 2.17 bits per heavy atom. The average molecular weight is 314 g/mol. The number of fused-ring (bicyclic) bond motifs is 1. The van der Waals surface area contributed by atoms with Gasteiger partial charge in [0.15, 0.2) is 0 Å². The number of rotatable bonds is 1. The lowest BCUT2D eigenvalue weighted by Crippen LogP contribution is -2.57. The van der Waals surface area contributed by atoms with Gasteiger partial charge in [-0.15, -0.1) is 0 Å². The van der Waals surface area contributed by atoms with Crippen molar-refractivity contribution in [2.45, 2.75) is 25.4 Å². The van der Waals surface area contributed by atoms with Gasteiger partial charge in [0, 0.05) is 11.9 Å². The Morgan fingerprint density at radius 3 is 3.00 bits per heavy atom. The van der Waals surface area contributed by atoms with Gasteiger partial charge in [-0.2, -0.15) is 5.10 Å². The summed E-state index contributed by atoms with van der Waals surface area (Å²) < 4.78 is 6.06. The summed E-state index contributed by atoms with van der Waals surface area (Å²) in [7, 11) is 0. The Kier molecular flexibility index (Phi) is 3.58. The first-order valence-electron chi connectivity index (χ1n) is 8.25. The van der Waals surface area contributed by atoms with Crippen LogP contribution in [0, 0.1) is 6.92 Å². The zero-order chi connectivity index (χ0) is 15.9. The third-order valence-electron chi connectivity index (χ3n) is 4.97. The molecule has 2 aromatic rings.